The van der Waals surface area contributed by atoms with Gasteiger partial charge in [0.2, 0.25) is 0 Å². The van der Waals surface area contributed by atoms with Crippen molar-refractivity contribution in [2.75, 3.05) is 5.75 Å². The van der Waals surface area contributed by atoms with Gasteiger partial charge in [-0.1, -0.05) is 52.0 Å². The molecule has 0 radical (unpaired) electrons. The molecule has 0 aromatic carbocycles. The van der Waals surface area contributed by atoms with Crippen LogP contribution in [0.1, 0.15) is 79.6 Å². The third-order valence-corrected chi connectivity index (χ3v) is 10.7. The van der Waals surface area contributed by atoms with E-state index >= 15 is 0 Å². The van der Waals surface area contributed by atoms with Crippen molar-refractivity contribution in [2.45, 2.75) is 91.3 Å². The third-order valence-electron chi connectivity index (χ3n) is 9.46. The molecule has 2 N–H and O–H groups in total. The highest BCUT2D eigenvalue weighted by molar-refractivity contribution is 8.14. The fraction of sp³-hybridized carbons (Fsp3) is 0.808. The summed E-state index contributed by atoms with van der Waals surface area (Å²) in [5.41, 5.74) is -1.74. The predicted molar refractivity (Wildman–Crippen MR) is 125 cm³/mol. The summed E-state index contributed by atoms with van der Waals surface area (Å²) in [6, 6.07) is 0. The molecular formula is C26H38O5S. The Morgan fingerprint density at radius 1 is 1.16 bits per heavy atom. The van der Waals surface area contributed by atoms with Gasteiger partial charge in [0.1, 0.15) is 5.60 Å². The Labute approximate surface area is 195 Å². The van der Waals surface area contributed by atoms with E-state index in [1.807, 2.05) is 33.8 Å². The third kappa shape index (κ3) is 3.47. The molecule has 0 aliphatic heterocycles. The van der Waals surface area contributed by atoms with Crippen molar-refractivity contribution in [1.29, 1.82) is 0 Å². The van der Waals surface area contributed by atoms with Crippen LogP contribution in [0, 0.1) is 34.0 Å². The molecule has 0 bridgehead atoms. The van der Waals surface area contributed by atoms with Gasteiger partial charge in [-0.25, -0.2) is 0 Å². The number of aliphatic hydroxyl groups excluding tert-OH is 1. The molecule has 0 amide bonds. The van der Waals surface area contributed by atoms with E-state index in [4.69, 9.17) is 0 Å². The Morgan fingerprint density at radius 3 is 2.50 bits per heavy atom. The highest BCUT2D eigenvalue weighted by Crippen LogP contribution is 2.67. The lowest BCUT2D eigenvalue weighted by Crippen LogP contribution is -2.62. The van der Waals surface area contributed by atoms with Gasteiger partial charge in [-0.15, -0.1) is 0 Å². The number of carbonyl (C=O) groups excluding carboxylic acids is 3. The molecule has 4 aliphatic carbocycles. The number of hydrogen-bond acceptors (Lipinski definition) is 6. The zero-order valence-corrected chi connectivity index (χ0v) is 20.9. The molecule has 4 aliphatic rings. The summed E-state index contributed by atoms with van der Waals surface area (Å²) in [7, 11) is 0. The Hall–Kier alpha value is -0.980. The minimum Gasteiger partial charge on any atom is -0.393 e. The number of Topliss-reactive ketones (excluding diaryl/α,β-unsaturated/α-hetero) is 1. The first-order chi connectivity index (χ1) is 14.7. The van der Waals surface area contributed by atoms with Crippen LogP contribution >= 0.6 is 11.8 Å². The van der Waals surface area contributed by atoms with Gasteiger partial charge in [-0.05, 0) is 67.8 Å². The molecule has 4 unspecified atom stereocenters. The summed E-state index contributed by atoms with van der Waals surface area (Å²) in [6.07, 6.45) is 5.78. The summed E-state index contributed by atoms with van der Waals surface area (Å²) < 4.78 is 0. The first-order valence-electron chi connectivity index (χ1n) is 12.1. The smallest absolute Gasteiger partial charge is 0.194 e. The molecule has 0 aromatic rings. The van der Waals surface area contributed by atoms with Crippen LogP contribution < -0.4 is 0 Å². The van der Waals surface area contributed by atoms with E-state index in [1.165, 1.54) is 5.57 Å². The molecule has 5 nitrogen and oxygen atoms in total. The summed E-state index contributed by atoms with van der Waals surface area (Å²) >= 11 is 1.00. The van der Waals surface area contributed by atoms with E-state index < -0.39 is 22.5 Å². The maximum absolute atomic E-state index is 13.3. The monoisotopic (exact) mass is 462 g/mol. The van der Waals surface area contributed by atoms with Gasteiger partial charge in [-0.3, -0.25) is 14.4 Å². The standard InChI is InChI=1S/C26H38O5S/c1-23(2,3)22(30)32-14-20(29)26(31)11-9-18-17-7-6-15-12-16(27)8-10-24(15,4)21(17)19(28)13-25(18,26)5/h12,17-19,21,28,31H,6-11,13-14H2,1-5H3/t17?,18?,19?,21?,24-,25-,26-/m0/s1. The summed E-state index contributed by atoms with van der Waals surface area (Å²) in [5.74, 6) is 0.332. The van der Waals surface area contributed by atoms with Crippen LogP contribution in [0.4, 0.5) is 0 Å². The lowest BCUT2D eigenvalue weighted by Gasteiger charge is -2.60. The van der Waals surface area contributed by atoms with Gasteiger partial charge < -0.3 is 10.2 Å². The molecule has 3 fully saturated rings. The minimum absolute atomic E-state index is 0.0220. The van der Waals surface area contributed by atoms with Gasteiger partial charge in [-0.2, -0.15) is 0 Å². The van der Waals surface area contributed by atoms with Crippen molar-refractivity contribution in [3.63, 3.8) is 0 Å². The number of fused-ring (bicyclic) bond motifs is 5. The van der Waals surface area contributed by atoms with E-state index in [0.29, 0.717) is 19.3 Å². The van der Waals surface area contributed by atoms with E-state index in [0.717, 1.165) is 37.4 Å². The molecule has 0 aromatic heterocycles. The summed E-state index contributed by atoms with van der Waals surface area (Å²) in [5, 5.41) is 23.1. The first-order valence-corrected chi connectivity index (χ1v) is 13.1. The predicted octanol–water partition coefficient (Wildman–Crippen LogP) is 4.10. The molecule has 4 rings (SSSR count). The van der Waals surface area contributed by atoms with Gasteiger partial charge in [0, 0.05) is 17.3 Å². The van der Waals surface area contributed by atoms with Crippen molar-refractivity contribution in [3.05, 3.63) is 11.6 Å². The lowest BCUT2D eigenvalue weighted by atomic mass is 9.45. The van der Waals surface area contributed by atoms with Crippen molar-refractivity contribution in [1.82, 2.24) is 0 Å². The van der Waals surface area contributed by atoms with Crippen LogP contribution in [0.2, 0.25) is 0 Å². The Balaban J connectivity index is 1.59. The molecule has 3 saturated carbocycles. The van der Waals surface area contributed by atoms with E-state index in [2.05, 4.69) is 6.92 Å². The van der Waals surface area contributed by atoms with Crippen molar-refractivity contribution in [3.8, 4) is 0 Å². The fourth-order valence-electron chi connectivity index (χ4n) is 7.62. The first kappa shape index (κ1) is 24.2. The van der Waals surface area contributed by atoms with Crippen LogP contribution in [-0.2, 0) is 14.4 Å². The normalized spacial score (nSPS) is 43.7. The molecule has 6 heteroatoms. The number of aliphatic hydroxyl groups is 2. The van der Waals surface area contributed by atoms with Crippen LogP contribution in [-0.4, -0.2) is 44.4 Å². The maximum atomic E-state index is 13.3. The molecule has 0 saturated heterocycles. The second-order valence-electron chi connectivity index (χ2n) is 12.2. The van der Waals surface area contributed by atoms with Crippen molar-refractivity contribution >= 4 is 28.4 Å². The fourth-order valence-corrected chi connectivity index (χ4v) is 8.55. The van der Waals surface area contributed by atoms with E-state index in [9.17, 15) is 24.6 Å². The summed E-state index contributed by atoms with van der Waals surface area (Å²) in [4.78, 5) is 37.7. The van der Waals surface area contributed by atoms with Gasteiger partial charge in [0.25, 0.3) is 0 Å². The second-order valence-corrected chi connectivity index (χ2v) is 13.2. The number of hydrogen-bond donors (Lipinski definition) is 2. The molecular weight excluding hydrogens is 424 g/mol. The van der Waals surface area contributed by atoms with Gasteiger partial charge >= 0.3 is 0 Å². The number of rotatable bonds is 3. The van der Waals surface area contributed by atoms with Crippen LogP contribution in [0.3, 0.4) is 0 Å². The van der Waals surface area contributed by atoms with E-state index in [1.54, 1.807) is 0 Å². The highest BCUT2D eigenvalue weighted by atomic mass is 32.2. The zero-order valence-electron chi connectivity index (χ0n) is 20.1. The molecule has 7 atom stereocenters. The largest absolute Gasteiger partial charge is 0.393 e. The summed E-state index contributed by atoms with van der Waals surface area (Å²) in [6.45, 7) is 9.68. The SMILES string of the molecule is CC(C)(C)C(=O)SCC(=O)[C@@]1(O)CCC2C3CCC4=CC(=O)CC[C@]4(C)C3C(O)C[C@@]21C. The number of carbonyl (C=O) groups is 3. The average molecular weight is 463 g/mol. The quantitative estimate of drug-likeness (QED) is 0.656. The number of allylic oxidation sites excluding steroid dienone is 1. The Morgan fingerprint density at radius 2 is 1.84 bits per heavy atom. The molecule has 178 valence electrons. The van der Waals surface area contributed by atoms with Crippen LogP contribution in [0.25, 0.3) is 0 Å². The van der Waals surface area contributed by atoms with E-state index in [-0.39, 0.29) is 45.6 Å². The average Bonchev–Trinajstić information content (AvgIpc) is 2.97. The second kappa shape index (κ2) is 7.78. The number of thioether (sulfide) groups is 1. The van der Waals surface area contributed by atoms with Gasteiger partial charge in [0.15, 0.2) is 16.7 Å². The maximum Gasteiger partial charge on any atom is 0.194 e. The number of ketones is 2. The Kier molecular flexibility index (Phi) is 5.87. The van der Waals surface area contributed by atoms with Crippen molar-refractivity contribution < 1.29 is 24.6 Å². The minimum atomic E-state index is -1.51. The zero-order chi connectivity index (χ0) is 23.7. The topological polar surface area (TPSA) is 91.7 Å². The van der Waals surface area contributed by atoms with Gasteiger partial charge in [0.05, 0.1) is 11.9 Å². The van der Waals surface area contributed by atoms with Crippen LogP contribution in [0.15, 0.2) is 11.6 Å². The van der Waals surface area contributed by atoms with Crippen molar-refractivity contribution in [2.24, 2.45) is 34.0 Å². The molecule has 0 heterocycles. The lowest BCUT2D eigenvalue weighted by molar-refractivity contribution is -0.178. The highest BCUT2D eigenvalue weighted by Gasteiger charge is 2.68. The molecule has 0 spiro atoms. The Bertz CT molecular complexity index is 872. The van der Waals surface area contributed by atoms with Crippen LogP contribution in [0.5, 0.6) is 0 Å². The molecule has 32 heavy (non-hydrogen) atoms.